The fraction of sp³-hybridized carbons (Fsp3) is 0.684. The number of ether oxygens (including phenoxy) is 1. The van der Waals surface area contributed by atoms with E-state index in [1.807, 2.05) is 20.8 Å². The van der Waals surface area contributed by atoms with Crippen LogP contribution in [0.2, 0.25) is 0 Å². The maximum absolute atomic E-state index is 10.6. The molecule has 0 heterocycles. The van der Waals surface area contributed by atoms with Crippen molar-refractivity contribution >= 4 is 0 Å². The summed E-state index contributed by atoms with van der Waals surface area (Å²) in [5.74, 6) is -1.05. The third-order valence-electron chi connectivity index (χ3n) is 4.38. The smallest absolute Gasteiger partial charge is 0.166 e. The first kappa shape index (κ1) is 16.5. The van der Waals surface area contributed by atoms with E-state index in [9.17, 15) is 5.11 Å². The van der Waals surface area contributed by atoms with Crippen molar-refractivity contribution < 1.29 is 9.84 Å². The van der Waals surface area contributed by atoms with Gasteiger partial charge in [0.2, 0.25) is 0 Å². The Morgan fingerprint density at radius 1 is 1.10 bits per heavy atom. The Morgan fingerprint density at radius 2 is 1.71 bits per heavy atom. The van der Waals surface area contributed by atoms with E-state index in [0.717, 1.165) is 6.42 Å². The highest BCUT2D eigenvalue weighted by Gasteiger charge is 2.33. The number of hydrogen-bond donors (Lipinski definition) is 1. The molecular formula is C19H30O2. The van der Waals surface area contributed by atoms with Crippen molar-refractivity contribution in [3.05, 3.63) is 34.9 Å². The van der Waals surface area contributed by atoms with Gasteiger partial charge in [-0.05, 0) is 76.5 Å². The van der Waals surface area contributed by atoms with E-state index < -0.39 is 5.79 Å². The van der Waals surface area contributed by atoms with Crippen LogP contribution in [0.3, 0.4) is 0 Å². The zero-order chi connectivity index (χ0) is 15.7. The van der Waals surface area contributed by atoms with Gasteiger partial charge in [-0.2, -0.15) is 0 Å². The summed E-state index contributed by atoms with van der Waals surface area (Å²) in [5.41, 5.74) is 3.98. The largest absolute Gasteiger partial charge is 0.365 e. The molecule has 2 atom stereocenters. The summed E-state index contributed by atoms with van der Waals surface area (Å²) in [4.78, 5) is 0. The molecule has 0 bridgehead atoms. The van der Waals surface area contributed by atoms with E-state index in [4.69, 9.17) is 4.74 Å². The molecule has 1 aromatic rings. The molecule has 1 aliphatic carbocycles. The van der Waals surface area contributed by atoms with E-state index in [1.54, 1.807) is 6.92 Å². The Kier molecular flexibility index (Phi) is 4.79. The first-order valence-electron chi connectivity index (χ1n) is 8.20. The molecule has 0 radical (unpaired) electrons. The average molecular weight is 290 g/mol. The fourth-order valence-electron chi connectivity index (χ4n) is 3.18. The quantitative estimate of drug-likeness (QED) is 0.839. The van der Waals surface area contributed by atoms with Gasteiger partial charge in [-0.15, -0.1) is 0 Å². The highest BCUT2D eigenvalue weighted by molar-refractivity contribution is 5.34. The van der Waals surface area contributed by atoms with Crippen molar-refractivity contribution in [2.24, 2.45) is 5.92 Å². The van der Waals surface area contributed by atoms with Crippen LogP contribution in [-0.4, -0.2) is 16.5 Å². The molecule has 0 saturated carbocycles. The van der Waals surface area contributed by atoms with Gasteiger partial charge in [0.15, 0.2) is 5.79 Å². The Labute approximate surface area is 129 Å². The Bertz CT molecular complexity index is 483. The third-order valence-corrected chi connectivity index (χ3v) is 4.38. The molecule has 0 amide bonds. The maximum atomic E-state index is 10.6. The van der Waals surface area contributed by atoms with Crippen LogP contribution in [0, 0.1) is 5.92 Å². The molecular weight excluding hydrogens is 260 g/mol. The maximum Gasteiger partial charge on any atom is 0.166 e. The van der Waals surface area contributed by atoms with Gasteiger partial charge < -0.3 is 9.84 Å². The van der Waals surface area contributed by atoms with E-state index in [0.29, 0.717) is 0 Å². The van der Waals surface area contributed by atoms with E-state index >= 15 is 0 Å². The molecule has 118 valence electrons. The molecule has 0 aromatic heterocycles. The number of aliphatic hydroxyl groups is 1. The van der Waals surface area contributed by atoms with Gasteiger partial charge in [0.05, 0.1) is 5.60 Å². The van der Waals surface area contributed by atoms with Crippen LogP contribution in [0.25, 0.3) is 0 Å². The lowest BCUT2D eigenvalue weighted by Crippen LogP contribution is -2.43. The van der Waals surface area contributed by atoms with Crippen molar-refractivity contribution in [1.29, 1.82) is 0 Å². The van der Waals surface area contributed by atoms with Gasteiger partial charge in [-0.3, -0.25) is 0 Å². The number of benzene rings is 1. The second kappa shape index (κ2) is 6.10. The van der Waals surface area contributed by atoms with Crippen LogP contribution in [0.4, 0.5) is 0 Å². The standard InChI is InChI=1S/C19H30O2/c1-14(19(5,20)21-18(2,3)4)12-15-10-11-16-8-6-7-9-17(16)13-15/h10-11,13-14,20H,6-9,12H2,1-5H3/t14-,19?/m0/s1. The SMILES string of the molecule is C[C@@H](Cc1ccc2c(c1)CCCC2)C(C)(O)OC(C)(C)C. The zero-order valence-corrected chi connectivity index (χ0v) is 14.2. The zero-order valence-electron chi connectivity index (χ0n) is 14.2. The fourth-order valence-corrected chi connectivity index (χ4v) is 3.18. The first-order chi connectivity index (χ1) is 9.67. The average Bonchev–Trinajstić information content (AvgIpc) is 2.35. The summed E-state index contributed by atoms with van der Waals surface area (Å²) >= 11 is 0. The van der Waals surface area contributed by atoms with E-state index in [2.05, 4.69) is 25.1 Å². The highest BCUT2D eigenvalue weighted by Crippen LogP contribution is 2.29. The van der Waals surface area contributed by atoms with E-state index in [-0.39, 0.29) is 11.5 Å². The number of hydrogen-bond acceptors (Lipinski definition) is 2. The molecule has 0 saturated heterocycles. The van der Waals surface area contributed by atoms with Crippen LogP contribution in [0.15, 0.2) is 18.2 Å². The van der Waals surface area contributed by atoms with Gasteiger partial charge in [-0.25, -0.2) is 0 Å². The van der Waals surface area contributed by atoms with Crippen LogP contribution in [-0.2, 0) is 24.0 Å². The summed E-state index contributed by atoms with van der Waals surface area (Å²) in [6, 6.07) is 6.82. The Morgan fingerprint density at radius 3 is 2.33 bits per heavy atom. The van der Waals surface area contributed by atoms with Gasteiger partial charge >= 0.3 is 0 Å². The minimum atomic E-state index is -1.10. The van der Waals surface area contributed by atoms with Crippen molar-refractivity contribution in [3.63, 3.8) is 0 Å². The summed E-state index contributed by atoms with van der Waals surface area (Å²) in [6.07, 6.45) is 5.88. The highest BCUT2D eigenvalue weighted by atomic mass is 16.6. The van der Waals surface area contributed by atoms with Crippen LogP contribution < -0.4 is 0 Å². The third kappa shape index (κ3) is 4.55. The predicted molar refractivity (Wildman–Crippen MR) is 87.4 cm³/mol. The van der Waals surface area contributed by atoms with Crippen molar-refractivity contribution in [3.8, 4) is 0 Å². The summed E-state index contributed by atoms with van der Waals surface area (Å²) < 4.78 is 5.83. The topological polar surface area (TPSA) is 29.5 Å². The molecule has 1 aromatic carbocycles. The molecule has 2 rings (SSSR count). The second-order valence-corrected chi connectivity index (χ2v) is 7.68. The van der Waals surface area contributed by atoms with Gasteiger partial charge in [0.1, 0.15) is 0 Å². The number of aryl methyl sites for hydroxylation is 2. The van der Waals surface area contributed by atoms with Crippen molar-refractivity contribution in [1.82, 2.24) is 0 Å². The number of rotatable bonds is 4. The Hall–Kier alpha value is -0.860. The molecule has 1 unspecified atom stereocenters. The molecule has 2 nitrogen and oxygen atoms in total. The summed E-state index contributed by atoms with van der Waals surface area (Å²) in [6.45, 7) is 9.78. The van der Waals surface area contributed by atoms with Gasteiger partial charge in [0.25, 0.3) is 0 Å². The van der Waals surface area contributed by atoms with Crippen LogP contribution in [0.5, 0.6) is 0 Å². The lowest BCUT2D eigenvalue weighted by molar-refractivity contribution is -0.266. The minimum absolute atomic E-state index is 0.0540. The molecule has 1 aliphatic rings. The summed E-state index contributed by atoms with van der Waals surface area (Å²) in [5, 5.41) is 10.6. The Balaban J connectivity index is 2.07. The normalized spacial score (nSPS) is 19.7. The lowest BCUT2D eigenvalue weighted by Gasteiger charge is -2.36. The monoisotopic (exact) mass is 290 g/mol. The lowest BCUT2D eigenvalue weighted by atomic mass is 9.87. The first-order valence-corrected chi connectivity index (χ1v) is 8.20. The van der Waals surface area contributed by atoms with Crippen LogP contribution >= 0.6 is 0 Å². The summed E-state index contributed by atoms with van der Waals surface area (Å²) in [7, 11) is 0. The molecule has 0 spiro atoms. The molecule has 1 N–H and O–H groups in total. The molecule has 0 fully saturated rings. The molecule has 2 heteroatoms. The van der Waals surface area contributed by atoms with Crippen molar-refractivity contribution in [2.75, 3.05) is 0 Å². The van der Waals surface area contributed by atoms with Gasteiger partial charge in [0, 0.05) is 5.92 Å². The van der Waals surface area contributed by atoms with E-state index in [1.165, 1.54) is 42.4 Å². The van der Waals surface area contributed by atoms with Crippen molar-refractivity contribution in [2.45, 2.75) is 78.1 Å². The minimum Gasteiger partial charge on any atom is -0.365 e. The number of fused-ring (bicyclic) bond motifs is 1. The molecule has 0 aliphatic heterocycles. The predicted octanol–water partition coefficient (Wildman–Crippen LogP) is 4.27. The molecule has 21 heavy (non-hydrogen) atoms. The second-order valence-electron chi connectivity index (χ2n) is 7.68. The van der Waals surface area contributed by atoms with Gasteiger partial charge in [-0.1, -0.05) is 25.1 Å². The van der Waals surface area contributed by atoms with Crippen LogP contribution in [0.1, 0.15) is 64.2 Å².